The molecule has 0 N–H and O–H groups in total. The van der Waals surface area contributed by atoms with Gasteiger partial charge in [-0.2, -0.15) is 0 Å². The molecule has 30 heavy (non-hydrogen) atoms. The summed E-state index contributed by atoms with van der Waals surface area (Å²) in [6.45, 7) is 3.85. The first-order valence-corrected chi connectivity index (χ1v) is 10.2. The maximum atomic E-state index is 13.1. The number of benzene rings is 1. The van der Waals surface area contributed by atoms with Gasteiger partial charge < -0.3 is 19.3 Å². The van der Waals surface area contributed by atoms with Crippen LogP contribution in [0.5, 0.6) is 5.75 Å². The number of para-hydroxylation sites is 1. The van der Waals surface area contributed by atoms with Gasteiger partial charge in [-0.3, -0.25) is 14.6 Å². The summed E-state index contributed by atoms with van der Waals surface area (Å²) >= 11 is 0. The quantitative estimate of drug-likeness (QED) is 0.701. The number of hydrogen-bond donors (Lipinski definition) is 0. The molecule has 1 aromatic heterocycles. The smallest absolute Gasteiger partial charge is 0.257 e. The number of piperidine rings is 1. The van der Waals surface area contributed by atoms with Crippen molar-refractivity contribution in [3.63, 3.8) is 0 Å². The largest absolute Gasteiger partial charge is 0.489 e. The van der Waals surface area contributed by atoms with E-state index in [1.54, 1.807) is 35.3 Å². The van der Waals surface area contributed by atoms with Gasteiger partial charge in [0.2, 0.25) is 5.91 Å². The fourth-order valence-electron chi connectivity index (χ4n) is 3.58. The zero-order valence-electron chi connectivity index (χ0n) is 17.8. The fraction of sp³-hybridized carbons (Fsp3) is 0.435. The van der Waals surface area contributed by atoms with E-state index in [4.69, 9.17) is 9.47 Å². The summed E-state index contributed by atoms with van der Waals surface area (Å²) in [5, 5.41) is 0. The Morgan fingerprint density at radius 2 is 1.93 bits per heavy atom. The van der Waals surface area contributed by atoms with Crippen molar-refractivity contribution in [2.75, 3.05) is 33.9 Å². The minimum Gasteiger partial charge on any atom is -0.489 e. The maximum Gasteiger partial charge on any atom is 0.257 e. The van der Waals surface area contributed by atoms with Gasteiger partial charge >= 0.3 is 0 Å². The van der Waals surface area contributed by atoms with E-state index in [1.165, 1.54) is 7.11 Å². The van der Waals surface area contributed by atoms with Crippen LogP contribution in [0.3, 0.4) is 0 Å². The molecule has 7 heteroatoms. The van der Waals surface area contributed by atoms with Crippen molar-refractivity contribution >= 4 is 11.8 Å². The summed E-state index contributed by atoms with van der Waals surface area (Å²) in [5.41, 5.74) is 2.66. The fourth-order valence-corrected chi connectivity index (χ4v) is 3.58. The molecule has 0 unspecified atom stereocenters. The van der Waals surface area contributed by atoms with Crippen LogP contribution >= 0.6 is 0 Å². The Kier molecular flexibility index (Phi) is 7.41. The van der Waals surface area contributed by atoms with Crippen molar-refractivity contribution in [1.82, 2.24) is 14.8 Å². The molecule has 2 heterocycles. The van der Waals surface area contributed by atoms with E-state index in [0.29, 0.717) is 30.9 Å². The Morgan fingerprint density at radius 1 is 1.20 bits per heavy atom. The second kappa shape index (κ2) is 10.2. The molecule has 0 saturated carbocycles. The molecule has 0 aliphatic carbocycles. The van der Waals surface area contributed by atoms with Crippen LogP contribution in [0.4, 0.5) is 0 Å². The van der Waals surface area contributed by atoms with Gasteiger partial charge in [0.15, 0.2) is 0 Å². The summed E-state index contributed by atoms with van der Waals surface area (Å²) < 4.78 is 11.1. The third kappa shape index (κ3) is 5.36. The van der Waals surface area contributed by atoms with E-state index in [0.717, 1.165) is 24.0 Å². The van der Waals surface area contributed by atoms with Crippen molar-refractivity contribution in [2.45, 2.75) is 32.4 Å². The molecule has 0 radical (unpaired) electrons. The number of likely N-dealkylation sites (tertiary alicyclic amines) is 1. The molecule has 1 aliphatic rings. The normalized spacial score (nSPS) is 14.4. The standard InChI is InChI=1S/C23H29N3O4/c1-17-14-24-11-8-18(17)15-25(2)23(28)20-6-4-5-7-21(20)30-19-9-12-26(13-10-19)22(27)16-29-3/h4-8,11,14,19H,9-10,12-13,15-16H2,1-3H3. The average molecular weight is 412 g/mol. The van der Waals surface area contributed by atoms with E-state index < -0.39 is 0 Å². The number of aryl methyl sites for hydroxylation is 1. The van der Waals surface area contributed by atoms with E-state index in [9.17, 15) is 9.59 Å². The van der Waals surface area contributed by atoms with E-state index >= 15 is 0 Å². The molecule has 2 aromatic rings. The molecule has 1 aromatic carbocycles. The first-order chi connectivity index (χ1) is 14.5. The number of carbonyl (C=O) groups is 2. The summed E-state index contributed by atoms with van der Waals surface area (Å²) in [7, 11) is 3.31. The topological polar surface area (TPSA) is 72.0 Å². The van der Waals surface area contributed by atoms with Gasteiger partial charge in [-0.25, -0.2) is 0 Å². The predicted molar refractivity (Wildman–Crippen MR) is 113 cm³/mol. The molecule has 0 spiro atoms. The average Bonchev–Trinajstić information content (AvgIpc) is 2.76. The van der Waals surface area contributed by atoms with Crippen molar-refractivity contribution in [3.05, 3.63) is 59.4 Å². The Balaban J connectivity index is 1.64. The van der Waals surface area contributed by atoms with Crippen molar-refractivity contribution in [1.29, 1.82) is 0 Å². The van der Waals surface area contributed by atoms with Gasteiger partial charge in [0.05, 0.1) is 5.56 Å². The number of nitrogens with zero attached hydrogens (tertiary/aromatic N) is 3. The molecule has 160 valence electrons. The lowest BCUT2D eigenvalue weighted by Gasteiger charge is -2.32. The molecule has 1 saturated heterocycles. The zero-order chi connectivity index (χ0) is 21.5. The molecule has 0 bridgehead atoms. The minimum absolute atomic E-state index is 0.000409. The third-order valence-corrected chi connectivity index (χ3v) is 5.36. The minimum atomic E-state index is -0.0884. The van der Waals surface area contributed by atoms with Crippen LogP contribution in [0, 0.1) is 6.92 Å². The number of amides is 2. The summed E-state index contributed by atoms with van der Waals surface area (Å²) in [6.07, 6.45) is 4.96. The number of hydrogen-bond acceptors (Lipinski definition) is 5. The molecule has 1 aliphatic heterocycles. The van der Waals surface area contributed by atoms with Crippen LogP contribution in [0.25, 0.3) is 0 Å². The molecular formula is C23H29N3O4. The molecule has 0 atom stereocenters. The number of methoxy groups -OCH3 is 1. The second-order valence-corrected chi connectivity index (χ2v) is 7.59. The Hall–Kier alpha value is -2.93. The van der Waals surface area contributed by atoms with Gasteiger partial charge in [-0.1, -0.05) is 12.1 Å². The number of ether oxygens (including phenoxy) is 2. The first kappa shape index (κ1) is 21.8. The SMILES string of the molecule is COCC(=O)N1CCC(Oc2ccccc2C(=O)N(C)Cc2ccncc2C)CC1. The molecular weight excluding hydrogens is 382 g/mol. The van der Waals surface area contributed by atoms with Crippen LogP contribution in [0.2, 0.25) is 0 Å². The third-order valence-electron chi connectivity index (χ3n) is 5.36. The van der Waals surface area contributed by atoms with Crippen LogP contribution in [0.1, 0.15) is 34.3 Å². The maximum absolute atomic E-state index is 13.1. The summed E-state index contributed by atoms with van der Waals surface area (Å²) in [4.78, 5) is 32.7. The highest BCUT2D eigenvalue weighted by atomic mass is 16.5. The van der Waals surface area contributed by atoms with Crippen LogP contribution in [-0.4, -0.2) is 66.6 Å². The lowest BCUT2D eigenvalue weighted by Crippen LogP contribution is -2.43. The van der Waals surface area contributed by atoms with Gasteiger partial charge in [0, 0.05) is 59.0 Å². The number of aromatic nitrogens is 1. The van der Waals surface area contributed by atoms with E-state index in [-0.39, 0.29) is 24.5 Å². The molecule has 2 amide bonds. The molecule has 7 nitrogen and oxygen atoms in total. The lowest BCUT2D eigenvalue weighted by molar-refractivity contribution is -0.136. The van der Waals surface area contributed by atoms with Gasteiger partial charge in [-0.15, -0.1) is 0 Å². The van der Waals surface area contributed by atoms with Crippen molar-refractivity contribution in [2.24, 2.45) is 0 Å². The zero-order valence-corrected chi connectivity index (χ0v) is 17.8. The number of pyridine rings is 1. The Bertz CT molecular complexity index is 878. The second-order valence-electron chi connectivity index (χ2n) is 7.59. The lowest BCUT2D eigenvalue weighted by atomic mass is 10.1. The Labute approximate surface area is 177 Å². The van der Waals surface area contributed by atoms with Gasteiger partial charge in [0.25, 0.3) is 5.91 Å². The number of carbonyl (C=O) groups excluding carboxylic acids is 2. The van der Waals surface area contributed by atoms with E-state index in [2.05, 4.69) is 4.98 Å². The molecule has 1 fully saturated rings. The van der Waals surface area contributed by atoms with Crippen LogP contribution in [0.15, 0.2) is 42.7 Å². The van der Waals surface area contributed by atoms with Crippen molar-refractivity contribution < 1.29 is 19.1 Å². The monoisotopic (exact) mass is 411 g/mol. The molecule has 3 rings (SSSR count). The van der Waals surface area contributed by atoms with Crippen LogP contribution < -0.4 is 4.74 Å². The van der Waals surface area contributed by atoms with Crippen LogP contribution in [-0.2, 0) is 16.1 Å². The highest BCUT2D eigenvalue weighted by Gasteiger charge is 2.25. The highest BCUT2D eigenvalue weighted by Crippen LogP contribution is 2.25. The van der Waals surface area contributed by atoms with E-state index in [1.807, 2.05) is 31.2 Å². The van der Waals surface area contributed by atoms with Crippen molar-refractivity contribution in [3.8, 4) is 5.75 Å². The first-order valence-electron chi connectivity index (χ1n) is 10.2. The highest BCUT2D eigenvalue weighted by molar-refractivity contribution is 5.96. The van der Waals surface area contributed by atoms with Gasteiger partial charge in [-0.05, 0) is 36.2 Å². The van der Waals surface area contributed by atoms with Gasteiger partial charge in [0.1, 0.15) is 18.5 Å². The Morgan fingerprint density at radius 3 is 2.63 bits per heavy atom. The number of rotatable bonds is 7. The summed E-state index contributed by atoms with van der Waals surface area (Å²) in [5.74, 6) is 0.497. The predicted octanol–water partition coefficient (Wildman–Crippen LogP) is 2.68. The summed E-state index contributed by atoms with van der Waals surface area (Å²) in [6, 6.07) is 9.28.